The van der Waals surface area contributed by atoms with Gasteiger partial charge in [-0.15, -0.1) is 0 Å². The van der Waals surface area contributed by atoms with Crippen molar-refractivity contribution in [2.75, 3.05) is 0 Å². The highest BCUT2D eigenvalue weighted by Gasteiger charge is 2.08. The quantitative estimate of drug-likeness (QED) is 0.576. The van der Waals surface area contributed by atoms with E-state index in [9.17, 15) is 4.79 Å². The second kappa shape index (κ2) is 3.37. The Labute approximate surface area is 60.0 Å². The first-order valence-electron chi connectivity index (χ1n) is 3.04. The fourth-order valence-corrected chi connectivity index (χ4v) is 0.448. The molecule has 0 atom stereocenters. The summed E-state index contributed by atoms with van der Waals surface area (Å²) in [5, 5.41) is 17.2. The number of hydrogen-bond acceptors (Lipinski definition) is 2. The van der Waals surface area contributed by atoms with Crippen LogP contribution in [0.4, 0.5) is 0 Å². The molecule has 0 aromatic carbocycles. The predicted octanol–water partition coefficient (Wildman–Crippen LogP) is 0.788. The SMILES string of the molecule is CC(C)(O)CC=CC(=O)O. The van der Waals surface area contributed by atoms with Gasteiger partial charge < -0.3 is 10.2 Å². The zero-order valence-corrected chi connectivity index (χ0v) is 6.16. The highest BCUT2D eigenvalue weighted by atomic mass is 16.4. The topological polar surface area (TPSA) is 57.5 Å². The van der Waals surface area contributed by atoms with Crippen molar-refractivity contribution < 1.29 is 15.0 Å². The van der Waals surface area contributed by atoms with E-state index >= 15 is 0 Å². The minimum atomic E-state index is -0.982. The number of aliphatic carboxylic acids is 1. The number of rotatable bonds is 3. The van der Waals surface area contributed by atoms with E-state index in [1.54, 1.807) is 13.8 Å². The lowest BCUT2D eigenvalue weighted by Gasteiger charge is -2.12. The third kappa shape index (κ3) is 7.17. The Hall–Kier alpha value is -0.830. The molecule has 0 radical (unpaired) electrons. The predicted molar refractivity (Wildman–Crippen MR) is 37.7 cm³/mol. The maximum atomic E-state index is 9.92. The van der Waals surface area contributed by atoms with Crippen LogP contribution in [-0.4, -0.2) is 21.8 Å². The van der Waals surface area contributed by atoms with Crippen LogP contribution in [0.5, 0.6) is 0 Å². The molecule has 0 saturated heterocycles. The van der Waals surface area contributed by atoms with Crippen LogP contribution in [-0.2, 0) is 4.79 Å². The molecular weight excluding hydrogens is 132 g/mol. The minimum Gasteiger partial charge on any atom is -0.478 e. The summed E-state index contributed by atoms with van der Waals surface area (Å²) in [4.78, 5) is 9.92. The monoisotopic (exact) mass is 144 g/mol. The van der Waals surface area contributed by atoms with E-state index in [2.05, 4.69) is 0 Å². The Kier molecular flexibility index (Phi) is 3.09. The van der Waals surface area contributed by atoms with E-state index in [1.165, 1.54) is 6.08 Å². The van der Waals surface area contributed by atoms with E-state index in [4.69, 9.17) is 10.2 Å². The highest BCUT2D eigenvalue weighted by molar-refractivity contribution is 5.79. The summed E-state index contributed by atoms with van der Waals surface area (Å²) in [6, 6.07) is 0. The summed E-state index contributed by atoms with van der Waals surface area (Å²) in [6.07, 6.45) is 2.82. The van der Waals surface area contributed by atoms with Crippen LogP contribution in [0.3, 0.4) is 0 Å². The average Bonchev–Trinajstić information content (AvgIpc) is 1.59. The molecule has 0 aliphatic rings. The molecule has 0 saturated carbocycles. The van der Waals surface area contributed by atoms with Crippen molar-refractivity contribution in [2.45, 2.75) is 25.9 Å². The van der Waals surface area contributed by atoms with E-state index in [0.717, 1.165) is 6.08 Å². The Morgan fingerprint density at radius 3 is 2.40 bits per heavy atom. The number of aliphatic hydroxyl groups is 1. The average molecular weight is 144 g/mol. The van der Waals surface area contributed by atoms with E-state index in [1.807, 2.05) is 0 Å². The van der Waals surface area contributed by atoms with Gasteiger partial charge >= 0.3 is 5.97 Å². The molecule has 0 aromatic heterocycles. The van der Waals surface area contributed by atoms with Gasteiger partial charge in [-0.3, -0.25) is 0 Å². The molecule has 0 aliphatic carbocycles. The fourth-order valence-electron chi connectivity index (χ4n) is 0.448. The molecule has 3 heteroatoms. The lowest BCUT2D eigenvalue weighted by Crippen LogP contribution is -2.16. The van der Waals surface area contributed by atoms with E-state index in [-0.39, 0.29) is 0 Å². The van der Waals surface area contributed by atoms with Crippen LogP contribution in [0, 0.1) is 0 Å². The molecule has 0 unspecified atom stereocenters. The second-order valence-electron chi connectivity index (χ2n) is 2.76. The van der Waals surface area contributed by atoms with Crippen LogP contribution in [0.15, 0.2) is 12.2 Å². The third-order valence-electron chi connectivity index (χ3n) is 0.878. The van der Waals surface area contributed by atoms with Crippen molar-refractivity contribution >= 4 is 5.97 Å². The number of carboxylic acids is 1. The molecule has 2 N–H and O–H groups in total. The van der Waals surface area contributed by atoms with E-state index in [0.29, 0.717) is 6.42 Å². The Bertz CT molecular complexity index is 141. The first-order chi connectivity index (χ1) is 4.42. The van der Waals surface area contributed by atoms with Crippen LogP contribution < -0.4 is 0 Å². The van der Waals surface area contributed by atoms with E-state index < -0.39 is 11.6 Å². The number of carbonyl (C=O) groups is 1. The summed E-state index contributed by atoms with van der Waals surface area (Å²) in [5.74, 6) is -0.982. The molecule has 10 heavy (non-hydrogen) atoms. The lowest BCUT2D eigenvalue weighted by atomic mass is 10.1. The van der Waals surface area contributed by atoms with Crippen molar-refractivity contribution in [1.82, 2.24) is 0 Å². The first kappa shape index (κ1) is 9.17. The summed E-state index contributed by atoms with van der Waals surface area (Å²) in [5.41, 5.74) is -0.814. The molecule has 0 spiro atoms. The van der Waals surface area contributed by atoms with Gasteiger partial charge in [0.2, 0.25) is 0 Å². The van der Waals surface area contributed by atoms with Gasteiger partial charge in [-0.2, -0.15) is 0 Å². The van der Waals surface area contributed by atoms with Gasteiger partial charge in [0.1, 0.15) is 0 Å². The standard InChI is InChI=1S/C7H12O3/c1-7(2,10)5-3-4-6(8)9/h3-4,10H,5H2,1-2H3,(H,8,9). The Morgan fingerprint density at radius 2 is 2.10 bits per heavy atom. The van der Waals surface area contributed by atoms with Gasteiger partial charge in [-0.05, 0) is 20.3 Å². The van der Waals surface area contributed by atoms with Gasteiger partial charge in [0, 0.05) is 6.08 Å². The summed E-state index contributed by atoms with van der Waals surface area (Å²) >= 11 is 0. The van der Waals surface area contributed by atoms with Crippen LogP contribution in [0.2, 0.25) is 0 Å². The Morgan fingerprint density at radius 1 is 1.60 bits per heavy atom. The maximum Gasteiger partial charge on any atom is 0.327 e. The van der Waals surface area contributed by atoms with Gasteiger partial charge in [0.25, 0.3) is 0 Å². The molecule has 0 heterocycles. The largest absolute Gasteiger partial charge is 0.478 e. The first-order valence-corrected chi connectivity index (χ1v) is 3.04. The fraction of sp³-hybridized carbons (Fsp3) is 0.571. The molecule has 0 bridgehead atoms. The third-order valence-corrected chi connectivity index (χ3v) is 0.878. The molecule has 0 rings (SSSR count). The zero-order valence-electron chi connectivity index (χ0n) is 6.16. The van der Waals surface area contributed by atoms with Crippen LogP contribution >= 0.6 is 0 Å². The smallest absolute Gasteiger partial charge is 0.327 e. The Balaban J connectivity index is 3.64. The minimum absolute atomic E-state index is 0.360. The normalized spacial score (nSPS) is 12.3. The molecule has 0 fully saturated rings. The van der Waals surface area contributed by atoms with Crippen LogP contribution in [0.25, 0.3) is 0 Å². The van der Waals surface area contributed by atoms with Crippen molar-refractivity contribution in [3.05, 3.63) is 12.2 Å². The van der Waals surface area contributed by atoms with Crippen molar-refractivity contribution in [3.63, 3.8) is 0 Å². The van der Waals surface area contributed by atoms with Gasteiger partial charge in [-0.1, -0.05) is 6.08 Å². The van der Waals surface area contributed by atoms with Gasteiger partial charge in [0.15, 0.2) is 0 Å². The molecule has 0 aromatic rings. The second-order valence-corrected chi connectivity index (χ2v) is 2.76. The number of hydrogen-bond donors (Lipinski definition) is 2. The lowest BCUT2D eigenvalue weighted by molar-refractivity contribution is -0.131. The van der Waals surface area contributed by atoms with Crippen molar-refractivity contribution in [2.24, 2.45) is 0 Å². The van der Waals surface area contributed by atoms with Gasteiger partial charge in [-0.25, -0.2) is 4.79 Å². The molecule has 58 valence electrons. The highest BCUT2D eigenvalue weighted by Crippen LogP contribution is 2.06. The molecular formula is C7H12O3. The van der Waals surface area contributed by atoms with Crippen molar-refractivity contribution in [3.8, 4) is 0 Å². The van der Waals surface area contributed by atoms with Crippen molar-refractivity contribution in [1.29, 1.82) is 0 Å². The van der Waals surface area contributed by atoms with Gasteiger partial charge in [0.05, 0.1) is 5.60 Å². The zero-order chi connectivity index (χ0) is 8.20. The summed E-state index contributed by atoms with van der Waals surface area (Å²) < 4.78 is 0. The maximum absolute atomic E-state index is 9.92. The molecule has 3 nitrogen and oxygen atoms in total. The molecule has 0 aliphatic heterocycles. The van der Waals surface area contributed by atoms with Crippen LogP contribution in [0.1, 0.15) is 20.3 Å². The molecule has 0 amide bonds. The summed E-state index contributed by atoms with van der Waals surface area (Å²) in [7, 11) is 0. The summed E-state index contributed by atoms with van der Waals surface area (Å²) in [6.45, 7) is 3.25. The number of carboxylic acid groups (broad SMARTS) is 1.